The topological polar surface area (TPSA) is 64.3 Å². The summed E-state index contributed by atoms with van der Waals surface area (Å²) in [4.78, 5) is 11.7. The Labute approximate surface area is 103 Å². The molecule has 0 rings (SSSR count). The molecule has 0 heterocycles. The predicted molar refractivity (Wildman–Crippen MR) is 69.4 cm³/mol. The Kier molecular flexibility index (Phi) is 7.89. The van der Waals surface area contributed by atoms with Gasteiger partial charge in [0.2, 0.25) is 0 Å². The van der Waals surface area contributed by atoms with Crippen molar-refractivity contribution in [3.63, 3.8) is 0 Å². The summed E-state index contributed by atoms with van der Waals surface area (Å²) in [6, 6.07) is -0.274. The summed E-state index contributed by atoms with van der Waals surface area (Å²) < 4.78 is 4.98. The highest BCUT2D eigenvalue weighted by Gasteiger charge is 2.16. The number of carbonyl (C=O) groups is 1. The first kappa shape index (κ1) is 15.2. The van der Waals surface area contributed by atoms with Crippen molar-refractivity contribution < 1.29 is 9.53 Å². The van der Waals surface area contributed by atoms with Gasteiger partial charge in [-0.2, -0.15) is 0 Å². The lowest BCUT2D eigenvalue weighted by Gasteiger charge is -2.18. The van der Waals surface area contributed by atoms with E-state index in [1.807, 2.05) is 6.92 Å². The molecule has 0 saturated carbocycles. The van der Waals surface area contributed by atoms with Crippen LogP contribution in [-0.2, 0) is 4.74 Å². The summed E-state index contributed by atoms with van der Waals surface area (Å²) in [6.45, 7) is 6.58. The van der Waals surface area contributed by atoms with Crippen molar-refractivity contribution in [3.05, 3.63) is 0 Å². The number of unbranched alkanes of at least 4 members (excludes halogenated alkanes) is 1. The molecule has 0 aromatic rings. The fourth-order valence-corrected chi connectivity index (χ4v) is 1.37. The third-order valence-electron chi connectivity index (χ3n) is 2.07. The minimum atomic E-state index is -0.438. The Morgan fingerprint density at radius 1 is 1.50 bits per heavy atom. The van der Waals surface area contributed by atoms with E-state index in [0.717, 1.165) is 19.3 Å². The number of nitrogens with one attached hydrogen (secondary N) is 1. The number of alkyl carbamates (subject to hydrolysis) is 1. The van der Waals surface area contributed by atoms with Crippen molar-refractivity contribution in [1.82, 2.24) is 5.32 Å². The summed E-state index contributed by atoms with van der Waals surface area (Å²) in [5.74, 6) is 0.419. The Morgan fingerprint density at radius 3 is 2.56 bits per heavy atom. The number of carbonyl (C=O) groups excluding carboxylic acids is 1. The van der Waals surface area contributed by atoms with Crippen LogP contribution in [0, 0.1) is 5.92 Å². The van der Waals surface area contributed by atoms with Crippen molar-refractivity contribution in [2.24, 2.45) is 11.7 Å². The molecule has 0 unspecified atom stereocenters. The quantitative estimate of drug-likeness (QED) is 0.534. The lowest BCUT2D eigenvalue weighted by Crippen LogP contribution is -2.44. The van der Waals surface area contributed by atoms with E-state index in [2.05, 4.69) is 19.2 Å². The molecule has 0 aliphatic carbocycles. The molecule has 94 valence electrons. The molecule has 0 aliphatic rings. The number of nitrogens with two attached hydrogens (primary N) is 1. The minimum Gasteiger partial charge on any atom is -0.450 e. The van der Waals surface area contributed by atoms with Crippen molar-refractivity contribution in [3.8, 4) is 0 Å². The van der Waals surface area contributed by atoms with Crippen LogP contribution in [0.15, 0.2) is 0 Å². The summed E-state index contributed by atoms with van der Waals surface area (Å²) >= 11 is 4.90. The normalized spacial score (nSPS) is 12.2. The fourth-order valence-electron chi connectivity index (χ4n) is 1.21. The first-order valence-corrected chi connectivity index (χ1v) is 6.10. The van der Waals surface area contributed by atoms with E-state index in [4.69, 9.17) is 22.7 Å². The van der Waals surface area contributed by atoms with Gasteiger partial charge in [-0.05, 0) is 18.8 Å². The third-order valence-corrected chi connectivity index (χ3v) is 2.36. The molecule has 0 spiro atoms. The van der Waals surface area contributed by atoms with Crippen LogP contribution in [0.1, 0.15) is 40.0 Å². The highest BCUT2D eigenvalue weighted by atomic mass is 32.1. The number of hydrogen-bond acceptors (Lipinski definition) is 3. The molecule has 4 nitrogen and oxygen atoms in total. The molecule has 0 bridgehead atoms. The zero-order chi connectivity index (χ0) is 12.6. The van der Waals surface area contributed by atoms with Gasteiger partial charge in [-0.25, -0.2) is 4.79 Å². The molecule has 5 heteroatoms. The second-order valence-corrected chi connectivity index (χ2v) is 4.69. The molecule has 1 atom stereocenters. The molecule has 16 heavy (non-hydrogen) atoms. The molecule has 0 fully saturated rings. The third kappa shape index (κ3) is 7.45. The van der Waals surface area contributed by atoms with Crippen LogP contribution >= 0.6 is 12.2 Å². The average Bonchev–Trinajstić information content (AvgIpc) is 2.16. The fraction of sp³-hybridized carbons (Fsp3) is 0.818. The Hall–Kier alpha value is -0.840. The van der Waals surface area contributed by atoms with Gasteiger partial charge in [0.15, 0.2) is 0 Å². The second-order valence-electron chi connectivity index (χ2n) is 4.22. The van der Waals surface area contributed by atoms with Crippen LogP contribution in [0.25, 0.3) is 0 Å². The standard InChI is InChI=1S/C11H22N2O2S/c1-4-5-6-15-11(14)13-9(10(12)16)7-8(2)3/h8-9H,4-7H2,1-3H3,(H2,12,16)(H,13,14)/t9-/m0/s1. The predicted octanol–water partition coefficient (Wildman–Crippen LogP) is 2.21. The maximum absolute atomic E-state index is 11.4. The van der Waals surface area contributed by atoms with E-state index in [0.29, 0.717) is 17.5 Å². The van der Waals surface area contributed by atoms with Gasteiger partial charge in [0.05, 0.1) is 17.6 Å². The maximum Gasteiger partial charge on any atom is 0.407 e. The molecule has 0 aliphatic heterocycles. The van der Waals surface area contributed by atoms with Crippen LogP contribution in [0.4, 0.5) is 4.79 Å². The molecule has 3 N–H and O–H groups in total. The lowest BCUT2D eigenvalue weighted by molar-refractivity contribution is 0.142. The molecular weight excluding hydrogens is 224 g/mol. The van der Waals surface area contributed by atoms with Crippen molar-refractivity contribution in [1.29, 1.82) is 0 Å². The van der Waals surface area contributed by atoms with Crippen LogP contribution in [-0.4, -0.2) is 23.7 Å². The van der Waals surface area contributed by atoms with Gasteiger partial charge in [-0.3, -0.25) is 0 Å². The second kappa shape index (κ2) is 8.33. The van der Waals surface area contributed by atoms with E-state index in [-0.39, 0.29) is 6.04 Å². The monoisotopic (exact) mass is 246 g/mol. The lowest BCUT2D eigenvalue weighted by atomic mass is 10.0. The van der Waals surface area contributed by atoms with E-state index in [9.17, 15) is 4.79 Å². The van der Waals surface area contributed by atoms with Crippen LogP contribution < -0.4 is 11.1 Å². The average molecular weight is 246 g/mol. The summed E-state index contributed by atoms with van der Waals surface area (Å²) in [5.41, 5.74) is 5.55. The van der Waals surface area contributed by atoms with E-state index in [1.54, 1.807) is 0 Å². The van der Waals surface area contributed by atoms with E-state index in [1.165, 1.54) is 0 Å². The summed E-state index contributed by atoms with van der Waals surface area (Å²) in [7, 11) is 0. The first-order valence-electron chi connectivity index (χ1n) is 5.70. The Morgan fingerprint density at radius 2 is 2.12 bits per heavy atom. The number of rotatable bonds is 7. The Balaban J connectivity index is 3.98. The van der Waals surface area contributed by atoms with Gasteiger partial charge in [0.25, 0.3) is 0 Å². The molecular formula is C11H22N2O2S. The van der Waals surface area contributed by atoms with Gasteiger partial charge in [0, 0.05) is 0 Å². The molecule has 0 aromatic heterocycles. The number of hydrogen-bond donors (Lipinski definition) is 2. The van der Waals surface area contributed by atoms with Gasteiger partial charge >= 0.3 is 6.09 Å². The molecule has 0 aromatic carbocycles. The van der Waals surface area contributed by atoms with Gasteiger partial charge in [-0.1, -0.05) is 39.4 Å². The zero-order valence-electron chi connectivity index (χ0n) is 10.3. The SMILES string of the molecule is CCCCOC(=O)N[C@@H](CC(C)C)C(N)=S. The summed E-state index contributed by atoms with van der Waals surface area (Å²) in [6.07, 6.45) is 2.16. The van der Waals surface area contributed by atoms with Gasteiger partial charge in [0.1, 0.15) is 0 Å². The van der Waals surface area contributed by atoms with Crippen molar-refractivity contribution >= 4 is 23.3 Å². The van der Waals surface area contributed by atoms with E-state index < -0.39 is 6.09 Å². The van der Waals surface area contributed by atoms with E-state index >= 15 is 0 Å². The Bertz CT molecular complexity index is 232. The number of amides is 1. The highest BCUT2D eigenvalue weighted by molar-refractivity contribution is 7.80. The number of thiocarbonyl (C=S) groups is 1. The van der Waals surface area contributed by atoms with Crippen molar-refractivity contribution in [2.45, 2.75) is 46.1 Å². The molecule has 0 saturated heterocycles. The number of ether oxygens (including phenoxy) is 1. The molecule has 0 radical (unpaired) electrons. The van der Waals surface area contributed by atoms with Crippen LogP contribution in [0.2, 0.25) is 0 Å². The van der Waals surface area contributed by atoms with Gasteiger partial charge < -0.3 is 15.8 Å². The minimum absolute atomic E-state index is 0.274. The molecule has 1 amide bonds. The van der Waals surface area contributed by atoms with Crippen LogP contribution in [0.3, 0.4) is 0 Å². The van der Waals surface area contributed by atoms with Gasteiger partial charge in [-0.15, -0.1) is 0 Å². The first-order chi connectivity index (χ1) is 7.47. The van der Waals surface area contributed by atoms with Crippen molar-refractivity contribution in [2.75, 3.05) is 6.61 Å². The zero-order valence-corrected chi connectivity index (χ0v) is 11.1. The maximum atomic E-state index is 11.4. The highest BCUT2D eigenvalue weighted by Crippen LogP contribution is 2.05. The largest absolute Gasteiger partial charge is 0.450 e. The summed E-state index contributed by atoms with van der Waals surface area (Å²) in [5, 5.41) is 2.68. The van der Waals surface area contributed by atoms with Crippen LogP contribution in [0.5, 0.6) is 0 Å². The smallest absolute Gasteiger partial charge is 0.407 e.